The molecule has 6 nitrogen and oxygen atoms in total. The van der Waals surface area contributed by atoms with Gasteiger partial charge in [-0.3, -0.25) is 14.9 Å². The Kier molecular flexibility index (Phi) is 5.68. The first-order valence-electron chi connectivity index (χ1n) is 7.28. The summed E-state index contributed by atoms with van der Waals surface area (Å²) >= 11 is 0. The van der Waals surface area contributed by atoms with Crippen LogP contribution in [0.4, 0.5) is 11.4 Å². The van der Waals surface area contributed by atoms with Gasteiger partial charge < -0.3 is 10.1 Å². The maximum atomic E-state index is 11.8. The number of non-ortho nitro benzene ring substituents is 1. The first kappa shape index (κ1) is 16.5. The number of carbonyl (C=O) groups is 1. The van der Waals surface area contributed by atoms with Gasteiger partial charge in [0, 0.05) is 24.2 Å². The van der Waals surface area contributed by atoms with Crippen LogP contribution in [-0.4, -0.2) is 17.4 Å². The van der Waals surface area contributed by atoms with Gasteiger partial charge in [-0.1, -0.05) is 12.1 Å². The van der Waals surface area contributed by atoms with Crippen molar-refractivity contribution in [2.24, 2.45) is 0 Å². The molecule has 0 aliphatic heterocycles. The fraction of sp³-hybridized carbons (Fsp3) is 0.235. The minimum atomic E-state index is -0.478. The molecular formula is C17H18N2O4. The molecule has 0 bridgehead atoms. The first-order chi connectivity index (χ1) is 11.0. The topological polar surface area (TPSA) is 81.5 Å². The predicted octanol–water partition coefficient (Wildman–Crippen LogP) is 3.70. The molecular weight excluding hydrogens is 296 g/mol. The van der Waals surface area contributed by atoms with Crippen LogP contribution in [0.3, 0.4) is 0 Å². The third-order valence-corrected chi connectivity index (χ3v) is 3.17. The van der Waals surface area contributed by atoms with Crippen molar-refractivity contribution < 1.29 is 14.5 Å². The van der Waals surface area contributed by atoms with E-state index in [4.69, 9.17) is 4.74 Å². The lowest BCUT2D eigenvalue weighted by atomic mass is 10.2. The summed E-state index contributed by atoms with van der Waals surface area (Å²) in [5, 5.41) is 13.2. The molecule has 6 heteroatoms. The SMILES string of the molecule is Cc1cccc(OCCCC(=O)Nc2ccc([N+](=O)[O-])cc2)c1. The number of aryl methyl sites for hydroxylation is 1. The molecule has 2 aromatic carbocycles. The Morgan fingerprint density at radius 3 is 2.61 bits per heavy atom. The molecule has 1 N–H and O–H groups in total. The maximum Gasteiger partial charge on any atom is 0.269 e. The quantitative estimate of drug-likeness (QED) is 0.480. The zero-order chi connectivity index (χ0) is 16.7. The maximum absolute atomic E-state index is 11.8. The molecule has 0 radical (unpaired) electrons. The molecule has 1 amide bonds. The molecule has 2 aromatic rings. The van der Waals surface area contributed by atoms with Crippen molar-refractivity contribution in [3.63, 3.8) is 0 Å². The van der Waals surface area contributed by atoms with Gasteiger partial charge in [0.25, 0.3) is 5.69 Å². The Bertz CT molecular complexity index is 683. The smallest absolute Gasteiger partial charge is 0.269 e. The van der Waals surface area contributed by atoms with Crippen molar-refractivity contribution >= 4 is 17.3 Å². The molecule has 0 heterocycles. The molecule has 23 heavy (non-hydrogen) atoms. The fourth-order valence-corrected chi connectivity index (χ4v) is 2.02. The molecule has 0 aromatic heterocycles. The number of anilines is 1. The normalized spacial score (nSPS) is 10.1. The molecule has 2 rings (SSSR count). The Labute approximate surface area is 134 Å². The van der Waals surface area contributed by atoms with Gasteiger partial charge in [-0.15, -0.1) is 0 Å². The Hall–Kier alpha value is -2.89. The fourth-order valence-electron chi connectivity index (χ4n) is 2.02. The van der Waals surface area contributed by atoms with Gasteiger partial charge in [-0.25, -0.2) is 0 Å². The van der Waals surface area contributed by atoms with E-state index in [9.17, 15) is 14.9 Å². The first-order valence-corrected chi connectivity index (χ1v) is 7.28. The number of hydrogen-bond donors (Lipinski definition) is 1. The number of hydrogen-bond acceptors (Lipinski definition) is 4. The molecule has 0 unspecified atom stereocenters. The number of rotatable bonds is 7. The van der Waals surface area contributed by atoms with E-state index < -0.39 is 4.92 Å². The van der Waals surface area contributed by atoms with E-state index >= 15 is 0 Å². The highest BCUT2D eigenvalue weighted by Crippen LogP contribution is 2.16. The minimum Gasteiger partial charge on any atom is -0.494 e. The molecule has 0 saturated heterocycles. The van der Waals surface area contributed by atoms with Crippen LogP contribution >= 0.6 is 0 Å². The highest BCUT2D eigenvalue weighted by molar-refractivity contribution is 5.90. The number of nitrogens with one attached hydrogen (secondary N) is 1. The highest BCUT2D eigenvalue weighted by atomic mass is 16.6. The van der Waals surface area contributed by atoms with Gasteiger partial charge in [-0.05, 0) is 43.2 Å². The average molecular weight is 314 g/mol. The van der Waals surface area contributed by atoms with Crippen LogP contribution in [-0.2, 0) is 4.79 Å². The number of nitro benzene ring substituents is 1. The van der Waals surface area contributed by atoms with Crippen molar-refractivity contribution in [3.05, 3.63) is 64.2 Å². The van der Waals surface area contributed by atoms with Crippen molar-refractivity contribution in [2.45, 2.75) is 19.8 Å². The van der Waals surface area contributed by atoms with E-state index in [2.05, 4.69) is 5.32 Å². The summed E-state index contributed by atoms with van der Waals surface area (Å²) in [5.74, 6) is 0.646. The molecule has 0 saturated carbocycles. The summed E-state index contributed by atoms with van der Waals surface area (Å²) < 4.78 is 5.57. The van der Waals surface area contributed by atoms with Gasteiger partial charge in [-0.2, -0.15) is 0 Å². The van der Waals surface area contributed by atoms with E-state index in [1.807, 2.05) is 31.2 Å². The number of nitro groups is 1. The lowest BCUT2D eigenvalue weighted by Gasteiger charge is -2.07. The summed E-state index contributed by atoms with van der Waals surface area (Å²) in [6.07, 6.45) is 0.912. The summed E-state index contributed by atoms with van der Waals surface area (Å²) in [4.78, 5) is 21.9. The molecule has 0 atom stereocenters. The van der Waals surface area contributed by atoms with Gasteiger partial charge in [0.1, 0.15) is 5.75 Å². The number of benzene rings is 2. The molecule has 0 aliphatic rings. The standard InChI is InChI=1S/C17H18N2O4/c1-13-4-2-5-16(12-13)23-11-3-6-17(20)18-14-7-9-15(10-8-14)19(21)22/h2,4-5,7-10,12H,3,6,11H2,1H3,(H,18,20). The highest BCUT2D eigenvalue weighted by Gasteiger charge is 2.06. The summed E-state index contributed by atoms with van der Waals surface area (Å²) in [6.45, 7) is 2.45. The van der Waals surface area contributed by atoms with Crippen molar-refractivity contribution in [1.29, 1.82) is 0 Å². The van der Waals surface area contributed by atoms with Crippen molar-refractivity contribution in [3.8, 4) is 5.75 Å². The number of amides is 1. The van der Waals surface area contributed by atoms with Crippen LogP contribution in [0.25, 0.3) is 0 Å². The van der Waals surface area contributed by atoms with Crippen molar-refractivity contribution in [1.82, 2.24) is 0 Å². The van der Waals surface area contributed by atoms with Crippen LogP contribution < -0.4 is 10.1 Å². The van der Waals surface area contributed by atoms with E-state index in [-0.39, 0.29) is 11.6 Å². The van der Waals surface area contributed by atoms with Crippen LogP contribution in [0.1, 0.15) is 18.4 Å². The van der Waals surface area contributed by atoms with E-state index in [1.54, 1.807) is 0 Å². The number of nitrogens with zero attached hydrogens (tertiary/aromatic N) is 1. The lowest BCUT2D eigenvalue weighted by molar-refractivity contribution is -0.384. The summed E-state index contributed by atoms with van der Waals surface area (Å²) in [7, 11) is 0. The van der Waals surface area contributed by atoms with Gasteiger partial charge in [0.05, 0.1) is 11.5 Å². The Morgan fingerprint density at radius 2 is 1.96 bits per heavy atom. The number of ether oxygens (including phenoxy) is 1. The average Bonchev–Trinajstić information content (AvgIpc) is 2.52. The third kappa shape index (κ3) is 5.43. The van der Waals surface area contributed by atoms with Crippen LogP contribution in [0.15, 0.2) is 48.5 Å². The molecule has 0 aliphatic carbocycles. The van der Waals surface area contributed by atoms with Crippen LogP contribution in [0.5, 0.6) is 5.75 Å². The van der Waals surface area contributed by atoms with Gasteiger partial charge in [0.2, 0.25) is 5.91 Å². The monoisotopic (exact) mass is 314 g/mol. The van der Waals surface area contributed by atoms with Crippen LogP contribution in [0.2, 0.25) is 0 Å². The second-order valence-corrected chi connectivity index (χ2v) is 5.12. The number of carbonyl (C=O) groups excluding carboxylic acids is 1. The predicted molar refractivity (Wildman–Crippen MR) is 87.6 cm³/mol. The Morgan fingerprint density at radius 1 is 1.22 bits per heavy atom. The molecule has 120 valence electrons. The third-order valence-electron chi connectivity index (χ3n) is 3.17. The van der Waals surface area contributed by atoms with E-state index in [0.717, 1.165) is 11.3 Å². The van der Waals surface area contributed by atoms with Crippen LogP contribution in [0, 0.1) is 17.0 Å². The second kappa shape index (κ2) is 7.93. The largest absolute Gasteiger partial charge is 0.494 e. The summed E-state index contributed by atoms with van der Waals surface area (Å²) in [6, 6.07) is 13.5. The zero-order valence-electron chi connectivity index (χ0n) is 12.8. The lowest BCUT2D eigenvalue weighted by Crippen LogP contribution is -2.12. The molecule has 0 spiro atoms. The van der Waals surface area contributed by atoms with E-state index in [0.29, 0.717) is 25.1 Å². The molecule has 0 fully saturated rings. The van der Waals surface area contributed by atoms with Crippen molar-refractivity contribution in [2.75, 3.05) is 11.9 Å². The Balaban J connectivity index is 1.71. The zero-order valence-corrected chi connectivity index (χ0v) is 12.8. The summed E-state index contributed by atoms with van der Waals surface area (Å²) in [5.41, 5.74) is 1.66. The van der Waals surface area contributed by atoms with Gasteiger partial charge >= 0.3 is 0 Å². The minimum absolute atomic E-state index is 0.00504. The van der Waals surface area contributed by atoms with Gasteiger partial charge in [0.15, 0.2) is 0 Å². The second-order valence-electron chi connectivity index (χ2n) is 5.12. The van der Waals surface area contributed by atoms with E-state index in [1.165, 1.54) is 24.3 Å².